The number of hydrogen-bond acceptors (Lipinski definition) is 7. The number of ether oxygens (including phenoxy) is 1. The Hall–Kier alpha value is -2.90. The van der Waals surface area contributed by atoms with E-state index < -0.39 is 0 Å². The molecular formula is C22H36N6O2. The van der Waals surface area contributed by atoms with Gasteiger partial charge in [-0.25, -0.2) is 0 Å². The molecule has 0 saturated heterocycles. The highest BCUT2D eigenvalue weighted by Gasteiger charge is 2.13. The lowest BCUT2D eigenvalue weighted by Gasteiger charge is -2.23. The lowest BCUT2D eigenvalue weighted by atomic mass is 10.0. The molecule has 0 aromatic heterocycles. The van der Waals surface area contributed by atoms with E-state index in [2.05, 4.69) is 33.8 Å². The number of hydrogen-bond donors (Lipinski definition) is 1. The SMILES string of the molecule is C/C=N\N(C)C(C)/N=N\N(C)CCC(Nc1cccc(CC(=O)OC)c1)/C(C)=C/C. The molecule has 0 saturated carbocycles. The second-order valence-corrected chi connectivity index (χ2v) is 7.14. The maximum absolute atomic E-state index is 11.5. The quantitative estimate of drug-likeness (QED) is 0.182. The minimum Gasteiger partial charge on any atom is -0.469 e. The first-order chi connectivity index (χ1) is 14.3. The standard InChI is InChI=1S/C22H36N6O2/c1-8-17(3)21(13-14-27(5)26-25-18(4)28(6)23-9-2)24-20-12-10-11-19(15-20)16-22(29)30-7/h8-12,15,18,21,24H,13-14,16H2,1-7H3/b17-8+,23-9-,26-25-. The Morgan fingerprint density at radius 2 is 2.03 bits per heavy atom. The van der Waals surface area contributed by atoms with Crippen LogP contribution in [0.15, 0.2) is 51.4 Å². The predicted molar refractivity (Wildman–Crippen MR) is 122 cm³/mol. The molecule has 1 aromatic rings. The third kappa shape index (κ3) is 9.07. The van der Waals surface area contributed by atoms with Gasteiger partial charge in [-0.1, -0.05) is 29.0 Å². The van der Waals surface area contributed by atoms with Gasteiger partial charge in [0.05, 0.1) is 13.5 Å². The monoisotopic (exact) mass is 416 g/mol. The normalized spacial score (nSPS) is 14.0. The second kappa shape index (κ2) is 13.3. The third-order valence-corrected chi connectivity index (χ3v) is 4.80. The van der Waals surface area contributed by atoms with Crippen LogP contribution < -0.4 is 5.32 Å². The summed E-state index contributed by atoms with van der Waals surface area (Å²) in [4.78, 5) is 11.5. The molecule has 166 valence electrons. The molecule has 2 atom stereocenters. The van der Waals surface area contributed by atoms with Crippen molar-refractivity contribution in [1.29, 1.82) is 0 Å². The summed E-state index contributed by atoms with van der Waals surface area (Å²) in [7, 11) is 5.19. The molecule has 0 aliphatic carbocycles. The lowest BCUT2D eigenvalue weighted by molar-refractivity contribution is -0.139. The molecule has 0 radical (unpaired) electrons. The molecule has 0 aliphatic rings. The maximum atomic E-state index is 11.5. The highest BCUT2D eigenvalue weighted by molar-refractivity contribution is 5.73. The van der Waals surface area contributed by atoms with Crippen molar-refractivity contribution < 1.29 is 9.53 Å². The number of methoxy groups -OCH3 is 1. The molecule has 8 nitrogen and oxygen atoms in total. The fraction of sp³-hybridized carbons (Fsp3) is 0.545. The van der Waals surface area contributed by atoms with Gasteiger partial charge in [0.15, 0.2) is 6.17 Å². The van der Waals surface area contributed by atoms with Gasteiger partial charge in [0.2, 0.25) is 0 Å². The Morgan fingerprint density at radius 1 is 1.30 bits per heavy atom. The first kappa shape index (κ1) is 25.1. The average Bonchev–Trinajstić information content (AvgIpc) is 2.74. The molecule has 1 N–H and O–H groups in total. The molecule has 0 spiro atoms. The number of allylic oxidation sites excluding steroid dienone is 1. The van der Waals surface area contributed by atoms with Crippen molar-refractivity contribution in [2.75, 3.05) is 33.1 Å². The Balaban J connectivity index is 2.73. The zero-order valence-electron chi connectivity index (χ0n) is 19.3. The largest absolute Gasteiger partial charge is 0.469 e. The van der Waals surface area contributed by atoms with E-state index in [1.807, 2.05) is 64.1 Å². The van der Waals surface area contributed by atoms with Crippen LogP contribution in [0, 0.1) is 0 Å². The summed E-state index contributed by atoms with van der Waals surface area (Å²) in [5.74, 6) is -0.246. The lowest BCUT2D eigenvalue weighted by Crippen LogP contribution is -2.27. The number of esters is 1. The predicted octanol–water partition coefficient (Wildman–Crippen LogP) is 4.12. The van der Waals surface area contributed by atoms with Crippen molar-refractivity contribution in [3.05, 3.63) is 41.5 Å². The van der Waals surface area contributed by atoms with Crippen LogP contribution in [0.25, 0.3) is 0 Å². The summed E-state index contributed by atoms with van der Waals surface area (Å²) in [5.41, 5.74) is 3.13. The van der Waals surface area contributed by atoms with Crippen LogP contribution in [0.5, 0.6) is 0 Å². The molecule has 0 aliphatic heterocycles. The van der Waals surface area contributed by atoms with Crippen LogP contribution in [0.2, 0.25) is 0 Å². The van der Waals surface area contributed by atoms with E-state index >= 15 is 0 Å². The zero-order chi connectivity index (χ0) is 22.5. The van der Waals surface area contributed by atoms with Crippen LogP contribution in [0.4, 0.5) is 5.69 Å². The summed E-state index contributed by atoms with van der Waals surface area (Å²) in [6.45, 7) is 8.69. The number of carbonyl (C=O) groups is 1. The van der Waals surface area contributed by atoms with Gasteiger partial charge in [-0.3, -0.25) is 14.8 Å². The molecule has 0 heterocycles. The summed E-state index contributed by atoms with van der Waals surface area (Å²) >= 11 is 0. The maximum Gasteiger partial charge on any atom is 0.309 e. The van der Waals surface area contributed by atoms with Crippen molar-refractivity contribution in [2.45, 2.75) is 52.7 Å². The van der Waals surface area contributed by atoms with Gasteiger partial charge in [-0.05, 0) is 51.8 Å². The number of hydrazone groups is 1. The fourth-order valence-electron chi connectivity index (χ4n) is 2.70. The van der Waals surface area contributed by atoms with E-state index in [0.29, 0.717) is 0 Å². The van der Waals surface area contributed by atoms with Crippen molar-refractivity contribution in [2.24, 2.45) is 15.4 Å². The smallest absolute Gasteiger partial charge is 0.309 e. The van der Waals surface area contributed by atoms with Crippen molar-refractivity contribution in [3.8, 4) is 0 Å². The van der Waals surface area contributed by atoms with Gasteiger partial charge in [0.1, 0.15) is 0 Å². The average molecular weight is 417 g/mol. The number of anilines is 1. The van der Waals surface area contributed by atoms with Crippen LogP contribution >= 0.6 is 0 Å². The van der Waals surface area contributed by atoms with E-state index in [-0.39, 0.29) is 24.6 Å². The molecular weight excluding hydrogens is 380 g/mol. The van der Waals surface area contributed by atoms with Gasteiger partial charge < -0.3 is 10.1 Å². The number of nitrogens with zero attached hydrogens (tertiary/aromatic N) is 5. The van der Waals surface area contributed by atoms with Gasteiger partial charge >= 0.3 is 5.97 Å². The Morgan fingerprint density at radius 3 is 2.67 bits per heavy atom. The first-order valence-electron chi connectivity index (χ1n) is 10.2. The Bertz CT molecular complexity index is 747. The minimum absolute atomic E-state index is 0.132. The summed E-state index contributed by atoms with van der Waals surface area (Å²) in [5, 5.41) is 19.9. The van der Waals surface area contributed by atoms with Crippen LogP contribution in [0.3, 0.4) is 0 Å². The van der Waals surface area contributed by atoms with Crippen molar-refractivity contribution in [3.63, 3.8) is 0 Å². The van der Waals surface area contributed by atoms with Crippen LogP contribution in [0.1, 0.15) is 39.7 Å². The van der Waals surface area contributed by atoms with E-state index in [9.17, 15) is 4.79 Å². The number of rotatable bonds is 12. The highest BCUT2D eigenvalue weighted by Crippen LogP contribution is 2.18. The Labute approximate surface area is 180 Å². The second-order valence-electron chi connectivity index (χ2n) is 7.14. The van der Waals surface area contributed by atoms with Crippen LogP contribution in [-0.2, 0) is 16.0 Å². The van der Waals surface area contributed by atoms with E-state index in [0.717, 1.165) is 24.2 Å². The van der Waals surface area contributed by atoms with Gasteiger partial charge in [-0.15, -0.1) is 5.11 Å². The Kier molecular flexibility index (Phi) is 11.2. The molecule has 8 heteroatoms. The van der Waals surface area contributed by atoms with Gasteiger partial charge in [0.25, 0.3) is 0 Å². The molecule has 0 fully saturated rings. The van der Waals surface area contributed by atoms with Gasteiger partial charge in [-0.2, -0.15) is 5.10 Å². The zero-order valence-corrected chi connectivity index (χ0v) is 19.3. The van der Waals surface area contributed by atoms with Gasteiger partial charge in [0, 0.05) is 38.6 Å². The molecule has 30 heavy (non-hydrogen) atoms. The van der Waals surface area contributed by atoms with Crippen molar-refractivity contribution >= 4 is 17.9 Å². The molecule has 2 unspecified atom stereocenters. The third-order valence-electron chi connectivity index (χ3n) is 4.80. The van der Waals surface area contributed by atoms with Crippen LogP contribution in [-0.4, -0.2) is 62.2 Å². The topological polar surface area (TPSA) is 81.9 Å². The minimum atomic E-state index is -0.246. The number of nitrogens with one attached hydrogen (secondary N) is 1. The summed E-state index contributed by atoms with van der Waals surface area (Å²) in [6.07, 6.45) is 4.82. The van der Waals surface area contributed by atoms with Crippen molar-refractivity contribution in [1.82, 2.24) is 10.0 Å². The molecule has 1 rings (SSSR count). The van der Waals surface area contributed by atoms with E-state index in [1.54, 1.807) is 11.2 Å². The number of carbonyl (C=O) groups excluding carboxylic acids is 1. The van der Waals surface area contributed by atoms with E-state index in [4.69, 9.17) is 4.74 Å². The first-order valence-corrected chi connectivity index (χ1v) is 10.2. The van der Waals surface area contributed by atoms with E-state index in [1.165, 1.54) is 12.7 Å². The fourth-order valence-corrected chi connectivity index (χ4v) is 2.70. The highest BCUT2D eigenvalue weighted by atomic mass is 16.5. The molecule has 1 aromatic carbocycles. The summed E-state index contributed by atoms with van der Waals surface area (Å²) < 4.78 is 4.76. The molecule has 0 amide bonds. The summed E-state index contributed by atoms with van der Waals surface area (Å²) in [6, 6.07) is 8.01. The number of benzene rings is 1. The molecule has 0 bridgehead atoms.